The Hall–Kier alpha value is -2.78. The molecule has 0 saturated carbocycles. The zero-order chi connectivity index (χ0) is 21.2. The number of methoxy groups -OCH3 is 2. The molecule has 0 spiro atoms. The zero-order valence-corrected chi connectivity index (χ0v) is 16.8. The first-order valence-corrected chi connectivity index (χ1v) is 9.41. The van der Waals surface area contributed by atoms with Gasteiger partial charge in [-0.25, -0.2) is 9.78 Å². The molecular weight excluding hydrogens is 378 g/mol. The number of piperidine rings is 1. The van der Waals surface area contributed by atoms with Crippen molar-refractivity contribution in [1.82, 2.24) is 14.5 Å². The minimum atomic E-state index is -1.21. The van der Waals surface area contributed by atoms with Crippen LogP contribution in [0.15, 0.2) is 24.3 Å². The number of nitrogens with zero attached hydrogens (tertiary/aromatic N) is 3. The molecule has 0 amide bonds. The minimum absolute atomic E-state index is 0.162. The Morgan fingerprint density at radius 2 is 1.86 bits per heavy atom. The van der Waals surface area contributed by atoms with Crippen LogP contribution in [-0.2, 0) is 25.6 Å². The summed E-state index contributed by atoms with van der Waals surface area (Å²) in [6, 6.07) is 7.09. The van der Waals surface area contributed by atoms with Crippen molar-refractivity contribution < 1.29 is 29.0 Å². The predicted octanol–water partition coefficient (Wildman–Crippen LogP) is 1.55. The fraction of sp³-hybridized carbons (Fsp3) is 0.500. The average Bonchev–Trinajstić information content (AvgIpc) is 3.10. The van der Waals surface area contributed by atoms with Crippen molar-refractivity contribution in [3.05, 3.63) is 30.1 Å². The third-order valence-corrected chi connectivity index (χ3v) is 5.60. The number of likely N-dealkylation sites (tertiary alicyclic amines) is 1. The number of aliphatic carboxylic acids is 1. The smallest absolute Gasteiger partial charge is 0.353 e. The molecule has 1 unspecified atom stereocenters. The van der Waals surface area contributed by atoms with Gasteiger partial charge in [0, 0.05) is 26.1 Å². The number of ketones is 1. The van der Waals surface area contributed by atoms with Crippen LogP contribution in [-0.4, -0.2) is 70.3 Å². The average molecular weight is 403 g/mol. The van der Waals surface area contributed by atoms with Crippen LogP contribution >= 0.6 is 0 Å². The Labute approximate surface area is 168 Å². The lowest BCUT2D eigenvalue weighted by molar-refractivity contribution is -0.192. The molecule has 0 aliphatic carbocycles. The molecule has 156 valence electrons. The van der Waals surface area contributed by atoms with Crippen LogP contribution in [0, 0.1) is 5.92 Å². The number of para-hydroxylation sites is 2. The SMILES string of the molecule is COC(=O)C(C)(OC)N1CCC(C(=O)c2nc3ccccc3n2CC(=O)O)CC1. The van der Waals surface area contributed by atoms with E-state index in [-0.39, 0.29) is 24.1 Å². The Balaban J connectivity index is 1.81. The first-order valence-electron chi connectivity index (χ1n) is 9.41. The van der Waals surface area contributed by atoms with Crippen molar-refractivity contribution in [2.24, 2.45) is 5.92 Å². The number of ether oxygens (including phenoxy) is 2. The van der Waals surface area contributed by atoms with Gasteiger partial charge in [-0.05, 0) is 31.9 Å². The van der Waals surface area contributed by atoms with Crippen molar-refractivity contribution in [2.75, 3.05) is 27.3 Å². The molecule has 1 aliphatic heterocycles. The molecule has 1 fully saturated rings. The second-order valence-corrected chi connectivity index (χ2v) is 7.21. The summed E-state index contributed by atoms with van der Waals surface area (Å²) in [5.74, 6) is -1.86. The van der Waals surface area contributed by atoms with Gasteiger partial charge >= 0.3 is 11.9 Å². The third kappa shape index (κ3) is 3.88. The molecule has 1 atom stereocenters. The predicted molar refractivity (Wildman–Crippen MR) is 103 cm³/mol. The number of rotatable bonds is 7. The summed E-state index contributed by atoms with van der Waals surface area (Å²) < 4.78 is 11.7. The van der Waals surface area contributed by atoms with E-state index in [4.69, 9.17) is 9.47 Å². The fourth-order valence-corrected chi connectivity index (χ4v) is 3.84. The van der Waals surface area contributed by atoms with E-state index in [0.717, 1.165) is 0 Å². The molecule has 2 heterocycles. The number of esters is 1. The van der Waals surface area contributed by atoms with Crippen LogP contribution in [0.3, 0.4) is 0 Å². The van der Waals surface area contributed by atoms with Crippen LogP contribution < -0.4 is 0 Å². The largest absolute Gasteiger partial charge is 0.480 e. The molecule has 9 nitrogen and oxygen atoms in total. The lowest BCUT2D eigenvalue weighted by Crippen LogP contribution is -2.57. The third-order valence-electron chi connectivity index (χ3n) is 5.60. The highest BCUT2D eigenvalue weighted by molar-refractivity contribution is 5.98. The number of hydrogen-bond donors (Lipinski definition) is 1. The number of benzene rings is 1. The lowest BCUT2D eigenvalue weighted by atomic mass is 9.91. The van der Waals surface area contributed by atoms with Gasteiger partial charge in [0.2, 0.25) is 11.5 Å². The van der Waals surface area contributed by atoms with Gasteiger partial charge in [0.1, 0.15) is 6.54 Å². The second kappa shape index (κ2) is 8.30. The summed E-state index contributed by atoms with van der Waals surface area (Å²) in [4.78, 5) is 42.9. The van der Waals surface area contributed by atoms with Crippen LogP contribution in [0.4, 0.5) is 0 Å². The fourth-order valence-electron chi connectivity index (χ4n) is 3.84. The zero-order valence-electron chi connectivity index (χ0n) is 16.8. The Morgan fingerprint density at radius 1 is 1.21 bits per heavy atom. The first-order chi connectivity index (χ1) is 13.8. The molecule has 3 rings (SSSR count). The highest BCUT2D eigenvalue weighted by atomic mass is 16.6. The number of carboxylic acids is 1. The Morgan fingerprint density at radius 3 is 2.45 bits per heavy atom. The van der Waals surface area contributed by atoms with Gasteiger partial charge in [-0.1, -0.05) is 12.1 Å². The normalized spacial score (nSPS) is 17.8. The van der Waals surface area contributed by atoms with E-state index in [1.165, 1.54) is 18.8 Å². The van der Waals surface area contributed by atoms with Gasteiger partial charge in [0.25, 0.3) is 0 Å². The maximum absolute atomic E-state index is 13.2. The van der Waals surface area contributed by atoms with E-state index < -0.39 is 17.7 Å². The number of Topliss-reactive ketones (excluding diaryl/α,β-unsaturated/α-hetero) is 1. The number of imidazole rings is 1. The number of carboxylic acid groups (broad SMARTS) is 1. The monoisotopic (exact) mass is 403 g/mol. The van der Waals surface area contributed by atoms with Gasteiger partial charge in [-0.15, -0.1) is 0 Å². The summed E-state index contributed by atoms with van der Waals surface area (Å²) in [6.07, 6.45) is 1.01. The summed E-state index contributed by atoms with van der Waals surface area (Å²) in [5.41, 5.74) is -0.000289. The summed E-state index contributed by atoms with van der Waals surface area (Å²) >= 11 is 0. The molecule has 2 aromatic rings. The molecule has 1 aromatic heterocycles. The second-order valence-electron chi connectivity index (χ2n) is 7.21. The van der Waals surface area contributed by atoms with Gasteiger partial charge < -0.3 is 19.1 Å². The number of aromatic nitrogens is 2. The van der Waals surface area contributed by atoms with Gasteiger partial charge in [-0.3, -0.25) is 14.5 Å². The Bertz CT molecular complexity index is 931. The van der Waals surface area contributed by atoms with Gasteiger partial charge in [0.15, 0.2) is 5.82 Å². The van der Waals surface area contributed by atoms with Crippen LogP contribution in [0.25, 0.3) is 11.0 Å². The van der Waals surface area contributed by atoms with Crippen molar-refractivity contribution in [1.29, 1.82) is 0 Å². The topological polar surface area (TPSA) is 111 Å². The molecule has 1 aromatic carbocycles. The summed E-state index contributed by atoms with van der Waals surface area (Å²) in [7, 11) is 2.76. The quantitative estimate of drug-likeness (QED) is 0.548. The maximum Gasteiger partial charge on any atom is 0.353 e. The standard InChI is InChI=1S/C20H25N3O6/c1-20(29-3,19(27)28-2)22-10-8-13(9-11-22)17(26)18-21-14-6-4-5-7-15(14)23(18)12-16(24)25/h4-7,13H,8-12H2,1-3H3,(H,24,25). The number of carbonyl (C=O) groups excluding carboxylic acids is 2. The van der Waals surface area contributed by atoms with Crippen molar-refractivity contribution in [3.8, 4) is 0 Å². The molecule has 0 radical (unpaired) electrons. The van der Waals surface area contributed by atoms with E-state index in [2.05, 4.69) is 4.98 Å². The van der Waals surface area contributed by atoms with Crippen LogP contribution in [0.2, 0.25) is 0 Å². The van der Waals surface area contributed by atoms with Crippen LogP contribution in [0.5, 0.6) is 0 Å². The minimum Gasteiger partial charge on any atom is -0.480 e. The Kier molecular flexibility index (Phi) is 5.99. The molecule has 29 heavy (non-hydrogen) atoms. The number of hydrogen-bond acceptors (Lipinski definition) is 7. The van der Waals surface area contributed by atoms with E-state index in [1.54, 1.807) is 31.2 Å². The van der Waals surface area contributed by atoms with Gasteiger partial charge in [-0.2, -0.15) is 0 Å². The van der Waals surface area contributed by atoms with E-state index in [1.807, 2.05) is 4.90 Å². The summed E-state index contributed by atoms with van der Waals surface area (Å²) in [6.45, 7) is 2.25. The maximum atomic E-state index is 13.2. The first kappa shape index (κ1) is 20.9. The lowest BCUT2D eigenvalue weighted by Gasteiger charge is -2.41. The summed E-state index contributed by atoms with van der Waals surface area (Å²) in [5, 5.41) is 9.26. The highest BCUT2D eigenvalue weighted by Crippen LogP contribution is 2.29. The van der Waals surface area contributed by atoms with Gasteiger partial charge in [0.05, 0.1) is 18.1 Å². The van der Waals surface area contributed by atoms with E-state index in [9.17, 15) is 19.5 Å². The molecule has 0 bridgehead atoms. The number of carbonyl (C=O) groups is 3. The number of fused-ring (bicyclic) bond motifs is 1. The molecule has 9 heteroatoms. The molecule has 1 saturated heterocycles. The molecule has 1 aliphatic rings. The highest BCUT2D eigenvalue weighted by Gasteiger charge is 2.43. The van der Waals surface area contributed by atoms with E-state index >= 15 is 0 Å². The van der Waals surface area contributed by atoms with Crippen molar-refractivity contribution in [2.45, 2.75) is 32.0 Å². The van der Waals surface area contributed by atoms with Crippen molar-refractivity contribution >= 4 is 28.8 Å². The van der Waals surface area contributed by atoms with E-state index in [0.29, 0.717) is 37.0 Å². The van der Waals surface area contributed by atoms with Crippen molar-refractivity contribution in [3.63, 3.8) is 0 Å². The molecule has 1 N–H and O–H groups in total. The van der Waals surface area contributed by atoms with Crippen LogP contribution in [0.1, 0.15) is 30.4 Å². The molecular formula is C20H25N3O6.